The molecule has 2 nitrogen and oxygen atoms in total. The first-order valence-corrected chi connectivity index (χ1v) is 6.59. The third-order valence-corrected chi connectivity index (χ3v) is 3.79. The van der Waals surface area contributed by atoms with Gasteiger partial charge < -0.3 is 10.2 Å². The lowest BCUT2D eigenvalue weighted by molar-refractivity contribution is 0.194. The van der Waals surface area contributed by atoms with Gasteiger partial charge >= 0.3 is 0 Å². The van der Waals surface area contributed by atoms with Crippen molar-refractivity contribution in [3.8, 4) is 5.75 Å². The van der Waals surface area contributed by atoms with Crippen LogP contribution in [-0.4, -0.2) is 16.3 Å². The van der Waals surface area contributed by atoms with Gasteiger partial charge in [0.1, 0.15) is 5.75 Å². The number of hydrogen-bond donors (Lipinski definition) is 2. The molecule has 88 valence electrons. The highest BCUT2D eigenvalue weighted by atomic mass is 79.9. The molecule has 1 unspecified atom stereocenters. The average Bonchev–Trinajstić information content (AvgIpc) is 2.24. The van der Waals surface area contributed by atoms with Crippen LogP contribution in [0.2, 0.25) is 0 Å². The Balaban J connectivity index is 2.50. The van der Waals surface area contributed by atoms with Crippen LogP contribution in [0.15, 0.2) is 10.5 Å². The van der Waals surface area contributed by atoms with Gasteiger partial charge in [0.25, 0.3) is 0 Å². The average molecular weight is 285 g/mol. The Morgan fingerprint density at radius 3 is 2.75 bits per heavy atom. The molecule has 0 aliphatic heterocycles. The monoisotopic (exact) mass is 284 g/mol. The second-order valence-electron chi connectivity index (χ2n) is 4.58. The summed E-state index contributed by atoms with van der Waals surface area (Å²) in [5, 5.41) is 19.5. The van der Waals surface area contributed by atoms with Gasteiger partial charge in [0.2, 0.25) is 0 Å². The van der Waals surface area contributed by atoms with Crippen LogP contribution in [0.3, 0.4) is 0 Å². The van der Waals surface area contributed by atoms with Crippen molar-refractivity contribution in [1.29, 1.82) is 0 Å². The largest absolute Gasteiger partial charge is 0.506 e. The van der Waals surface area contributed by atoms with E-state index in [1.165, 1.54) is 24.0 Å². The number of aryl methyl sites for hydroxylation is 1. The van der Waals surface area contributed by atoms with E-state index < -0.39 is 6.10 Å². The van der Waals surface area contributed by atoms with Gasteiger partial charge in [-0.1, -0.05) is 0 Å². The van der Waals surface area contributed by atoms with Gasteiger partial charge in [0.05, 0.1) is 10.6 Å². The van der Waals surface area contributed by atoms with Gasteiger partial charge in [0.15, 0.2) is 0 Å². The number of halogens is 1. The number of aliphatic hydroxyl groups excluding tert-OH is 1. The maximum absolute atomic E-state index is 10.0. The molecule has 0 heterocycles. The van der Waals surface area contributed by atoms with E-state index in [-0.39, 0.29) is 0 Å². The van der Waals surface area contributed by atoms with Gasteiger partial charge in [-0.15, -0.1) is 0 Å². The fourth-order valence-electron chi connectivity index (χ4n) is 2.46. The van der Waals surface area contributed by atoms with Crippen LogP contribution in [0, 0.1) is 0 Å². The predicted octanol–water partition coefficient (Wildman–Crippen LogP) is 2.96. The van der Waals surface area contributed by atoms with Crippen molar-refractivity contribution in [3.05, 3.63) is 27.2 Å². The lowest BCUT2D eigenvalue weighted by Crippen LogP contribution is -2.12. The minimum atomic E-state index is -0.411. The van der Waals surface area contributed by atoms with Crippen LogP contribution >= 0.6 is 15.9 Å². The summed E-state index contributed by atoms with van der Waals surface area (Å²) < 4.78 is 0.754. The molecule has 1 atom stereocenters. The summed E-state index contributed by atoms with van der Waals surface area (Å²) in [6.45, 7) is 1.76. The normalized spacial score (nSPS) is 16.9. The summed E-state index contributed by atoms with van der Waals surface area (Å²) in [5.74, 6) is 0.307. The lowest BCUT2D eigenvalue weighted by atomic mass is 9.86. The van der Waals surface area contributed by atoms with E-state index in [0.29, 0.717) is 12.2 Å². The number of aliphatic hydroxyl groups is 1. The number of rotatable bonds is 2. The third-order valence-electron chi connectivity index (χ3n) is 3.19. The SMILES string of the molecule is CC(O)Cc1c(O)c(Br)cc2c1CCCC2. The molecule has 0 saturated heterocycles. The van der Waals surface area contributed by atoms with E-state index in [1.54, 1.807) is 6.92 Å². The summed E-state index contributed by atoms with van der Waals surface area (Å²) in [7, 11) is 0. The number of phenolic OH excluding ortho intramolecular Hbond substituents is 1. The molecule has 1 aromatic carbocycles. The van der Waals surface area contributed by atoms with Crippen molar-refractivity contribution in [2.24, 2.45) is 0 Å². The van der Waals surface area contributed by atoms with Crippen LogP contribution in [0.4, 0.5) is 0 Å². The quantitative estimate of drug-likeness (QED) is 0.877. The van der Waals surface area contributed by atoms with Gasteiger partial charge in [-0.25, -0.2) is 0 Å². The predicted molar refractivity (Wildman–Crippen MR) is 67.8 cm³/mol. The lowest BCUT2D eigenvalue weighted by Gasteiger charge is -2.22. The Hall–Kier alpha value is -0.540. The molecular formula is C13H17BrO2. The zero-order valence-electron chi connectivity index (χ0n) is 9.46. The maximum Gasteiger partial charge on any atom is 0.133 e. The van der Waals surface area contributed by atoms with Crippen LogP contribution in [0.25, 0.3) is 0 Å². The molecule has 0 aromatic heterocycles. The van der Waals surface area contributed by atoms with Crippen LogP contribution < -0.4 is 0 Å². The van der Waals surface area contributed by atoms with Crippen molar-refractivity contribution < 1.29 is 10.2 Å². The molecule has 1 aliphatic rings. The topological polar surface area (TPSA) is 40.5 Å². The molecule has 1 aliphatic carbocycles. The first-order valence-electron chi connectivity index (χ1n) is 5.79. The first kappa shape index (κ1) is 11.9. The molecule has 0 radical (unpaired) electrons. The van der Waals surface area contributed by atoms with Crippen molar-refractivity contribution >= 4 is 15.9 Å². The number of hydrogen-bond acceptors (Lipinski definition) is 2. The van der Waals surface area contributed by atoms with Gasteiger partial charge in [-0.05, 0) is 65.7 Å². The molecule has 0 fully saturated rings. The maximum atomic E-state index is 10.0. The van der Waals surface area contributed by atoms with E-state index in [1.807, 2.05) is 6.07 Å². The summed E-state index contributed by atoms with van der Waals surface area (Å²) in [6, 6.07) is 2.02. The number of benzene rings is 1. The van der Waals surface area contributed by atoms with Crippen LogP contribution in [0.5, 0.6) is 5.75 Å². The Morgan fingerprint density at radius 1 is 1.38 bits per heavy atom. The molecule has 0 bridgehead atoms. The van der Waals surface area contributed by atoms with Crippen molar-refractivity contribution in [2.75, 3.05) is 0 Å². The minimum Gasteiger partial charge on any atom is -0.506 e. The Bertz CT molecular complexity index is 399. The smallest absolute Gasteiger partial charge is 0.133 e. The molecule has 0 saturated carbocycles. The van der Waals surface area contributed by atoms with E-state index in [2.05, 4.69) is 15.9 Å². The van der Waals surface area contributed by atoms with E-state index in [4.69, 9.17) is 0 Å². The zero-order valence-corrected chi connectivity index (χ0v) is 11.0. The fraction of sp³-hybridized carbons (Fsp3) is 0.538. The number of phenols is 1. The Kier molecular flexibility index (Phi) is 3.55. The zero-order chi connectivity index (χ0) is 11.7. The van der Waals surface area contributed by atoms with E-state index >= 15 is 0 Å². The highest BCUT2D eigenvalue weighted by Gasteiger charge is 2.19. The Labute approximate surface area is 104 Å². The highest BCUT2D eigenvalue weighted by Crippen LogP contribution is 2.37. The van der Waals surface area contributed by atoms with E-state index in [9.17, 15) is 10.2 Å². The molecule has 3 heteroatoms. The van der Waals surface area contributed by atoms with E-state index in [0.717, 1.165) is 22.9 Å². The molecule has 0 spiro atoms. The van der Waals surface area contributed by atoms with Crippen LogP contribution in [-0.2, 0) is 19.3 Å². The summed E-state index contributed by atoms with van der Waals surface area (Å²) in [5.41, 5.74) is 3.51. The fourth-order valence-corrected chi connectivity index (χ4v) is 2.97. The van der Waals surface area contributed by atoms with Crippen molar-refractivity contribution in [2.45, 2.75) is 45.1 Å². The van der Waals surface area contributed by atoms with Crippen molar-refractivity contribution in [1.82, 2.24) is 0 Å². The van der Waals surface area contributed by atoms with Gasteiger partial charge in [-0.3, -0.25) is 0 Å². The second-order valence-corrected chi connectivity index (χ2v) is 5.44. The van der Waals surface area contributed by atoms with Crippen LogP contribution in [0.1, 0.15) is 36.5 Å². The summed E-state index contributed by atoms with van der Waals surface area (Å²) in [6.07, 6.45) is 4.64. The Morgan fingerprint density at radius 2 is 2.06 bits per heavy atom. The summed E-state index contributed by atoms with van der Waals surface area (Å²) >= 11 is 3.38. The molecule has 16 heavy (non-hydrogen) atoms. The number of aromatic hydroxyl groups is 1. The molecular weight excluding hydrogens is 268 g/mol. The minimum absolute atomic E-state index is 0.307. The third kappa shape index (κ3) is 2.25. The summed E-state index contributed by atoms with van der Waals surface area (Å²) in [4.78, 5) is 0. The standard InChI is InChI=1S/C13H17BrO2/c1-8(15)6-11-10-5-3-2-4-9(10)7-12(14)13(11)16/h7-8,15-16H,2-6H2,1H3. The van der Waals surface area contributed by atoms with Crippen molar-refractivity contribution in [3.63, 3.8) is 0 Å². The van der Waals surface area contributed by atoms with Gasteiger partial charge in [0, 0.05) is 12.0 Å². The first-order chi connectivity index (χ1) is 7.59. The molecule has 1 aromatic rings. The molecule has 2 rings (SSSR count). The number of fused-ring (bicyclic) bond motifs is 1. The highest BCUT2D eigenvalue weighted by molar-refractivity contribution is 9.10. The second kappa shape index (κ2) is 4.76. The van der Waals surface area contributed by atoms with Gasteiger partial charge in [-0.2, -0.15) is 0 Å². The molecule has 0 amide bonds. The molecule has 2 N–H and O–H groups in total.